The molecule has 0 aliphatic carbocycles. The summed E-state index contributed by atoms with van der Waals surface area (Å²) in [7, 11) is 0. The van der Waals surface area contributed by atoms with Gasteiger partial charge in [-0.15, -0.1) is 0 Å². The number of benzene rings is 1. The van der Waals surface area contributed by atoms with E-state index in [1.165, 1.54) is 12.1 Å². The number of rotatable bonds is 2. The molecule has 0 radical (unpaired) electrons. The monoisotopic (exact) mass is 362 g/mol. The Morgan fingerprint density at radius 1 is 1.29 bits per heavy atom. The second-order valence-corrected chi connectivity index (χ2v) is 4.79. The molecule has 5 nitrogen and oxygen atoms in total. The highest BCUT2D eigenvalue weighted by Crippen LogP contribution is 2.35. The van der Waals surface area contributed by atoms with E-state index in [2.05, 4.69) is 21.0 Å². The minimum Gasteiger partial charge on any atom is -0.476 e. The Bertz CT molecular complexity index is 771. The van der Waals surface area contributed by atoms with Gasteiger partial charge in [0.1, 0.15) is 0 Å². The van der Waals surface area contributed by atoms with Gasteiger partial charge in [-0.05, 0) is 18.2 Å². The van der Waals surface area contributed by atoms with Crippen molar-refractivity contribution in [3.05, 3.63) is 56.4 Å². The van der Waals surface area contributed by atoms with Crippen LogP contribution in [0.25, 0.3) is 5.69 Å². The number of carboxylic acids is 1. The summed E-state index contributed by atoms with van der Waals surface area (Å²) in [5, 5.41) is 12.3. The van der Waals surface area contributed by atoms with Crippen molar-refractivity contribution in [1.82, 2.24) is 9.78 Å². The molecule has 0 amide bonds. The number of carbonyl (C=O) groups is 1. The minimum atomic E-state index is -4.58. The molecule has 0 unspecified atom stereocenters. The first-order chi connectivity index (χ1) is 9.70. The normalized spacial score (nSPS) is 11.4. The number of aromatic carboxylic acids is 1. The average Bonchev–Trinajstić information content (AvgIpc) is 2.38. The number of alkyl halides is 3. The zero-order valence-electron chi connectivity index (χ0n) is 10.1. The molecule has 0 saturated carbocycles. The molecule has 0 aliphatic heterocycles. The van der Waals surface area contributed by atoms with Crippen LogP contribution in [-0.2, 0) is 6.18 Å². The maximum Gasteiger partial charge on any atom is 0.417 e. The van der Waals surface area contributed by atoms with Gasteiger partial charge in [-0.1, -0.05) is 15.9 Å². The maximum absolute atomic E-state index is 12.8. The van der Waals surface area contributed by atoms with Crippen LogP contribution in [-0.4, -0.2) is 20.9 Å². The molecule has 110 valence electrons. The zero-order valence-corrected chi connectivity index (χ0v) is 11.6. The third-order valence-electron chi connectivity index (χ3n) is 2.53. The number of nitrogens with zero attached hydrogens (tertiary/aromatic N) is 2. The lowest BCUT2D eigenvalue weighted by Crippen LogP contribution is -2.20. The van der Waals surface area contributed by atoms with Crippen molar-refractivity contribution < 1.29 is 23.1 Å². The first-order valence-corrected chi connectivity index (χ1v) is 6.20. The molecule has 0 atom stereocenters. The van der Waals surface area contributed by atoms with Gasteiger partial charge in [-0.25, -0.2) is 9.48 Å². The number of hydrogen-bond acceptors (Lipinski definition) is 3. The first-order valence-electron chi connectivity index (χ1n) is 5.40. The van der Waals surface area contributed by atoms with Crippen molar-refractivity contribution in [1.29, 1.82) is 0 Å². The second-order valence-electron chi connectivity index (χ2n) is 3.94. The first kappa shape index (κ1) is 15.2. The average molecular weight is 363 g/mol. The fraction of sp³-hybridized carbons (Fsp3) is 0.0833. The summed E-state index contributed by atoms with van der Waals surface area (Å²) in [4.78, 5) is 22.1. The molecule has 1 N–H and O–H groups in total. The number of aromatic nitrogens is 2. The van der Waals surface area contributed by atoms with E-state index < -0.39 is 28.8 Å². The summed E-state index contributed by atoms with van der Waals surface area (Å²) in [6, 6.07) is 4.19. The molecule has 0 bridgehead atoms. The van der Waals surface area contributed by atoms with Gasteiger partial charge >= 0.3 is 12.1 Å². The van der Waals surface area contributed by atoms with Gasteiger partial charge < -0.3 is 5.11 Å². The molecule has 1 aromatic carbocycles. The quantitative estimate of drug-likeness (QED) is 0.891. The second kappa shape index (κ2) is 5.32. The van der Waals surface area contributed by atoms with Crippen LogP contribution in [0.4, 0.5) is 13.2 Å². The lowest BCUT2D eigenvalue weighted by molar-refractivity contribution is -0.138. The predicted molar refractivity (Wildman–Crippen MR) is 69.5 cm³/mol. The van der Waals surface area contributed by atoms with E-state index in [1.54, 1.807) is 0 Å². The van der Waals surface area contributed by atoms with Gasteiger partial charge in [0.05, 0.1) is 11.3 Å². The molecular weight excluding hydrogens is 357 g/mol. The number of hydrogen-bond donors (Lipinski definition) is 1. The van der Waals surface area contributed by atoms with Crippen molar-refractivity contribution in [2.24, 2.45) is 0 Å². The summed E-state index contributed by atoms with van der Waals surface area (Å²) in [6.07, 6.45) is -3.48. The molecule has 0 spiro atoms. The Kier molecular flexibility index (Phi) is 3.86. The third kappa shape index (κ3) is 3.13. The highest BCUT2D eigenvalue weighted by molar-refractivity contribution is 9.10. The predicted octanol–water partition coefficient (Wildman–Crippen LogP) is 2.71. The summed E-state index contributed by atoms with van der Waals surface area (Å²) in [5.74, 6) is -1.55. The molecular formula is C12H6BrF3N2O3. The Hall–Kier alpha value is -2.16. The van der Waals surface area contributed by atoms with Gasteiger partial charge in [0.2, 0.25) is 11.1 Å². The van der Waals surface area contributed by atoms with Gasteiger partial charge in [0.25, 0.3) is 0 Å². The maximum atomic E-state index is 12.8. The van der Waals surface area contributed by atoms with Crippen molar-refractivity contribution in [3.63, 3.8) is 0 Å². The molecule has 0 saturated heterocycles. The highest BCUT2D eigenvalue weighted by atomic mass is 79.9. The van der Waals surface area contributed by atoms with Gasteiger partial charge in [-0.3, -0.25) is 4.79 Å². The van der Waals surface area contributed by atoms with Crippen molar-refractivity contribution in [3.8, 4) is 5.69 Å². The standard InChI is InChI=1S/C12H6BrF3N2O3/c13-8-2-1-6(5-7(8)12(14,15)16)18-4-3-9(19)10(17-18)11(20)21/h1-5H,(H,20,21). The Balaban J connectivity index is 2.61. The third-order valence-corrected chi connectivity index (χ3v) is 3.22. The fourth-order valence-corrected chi connectivity index (χ4v) is 2.04. The summed E-state index contributed by atoms with van der Waals surface area (Å²) in [6.45, 7) is 0. The minimum absolute atomic E-state index is 0.0203. The van der Waals surface area contributed by atoms with Crippen LogP contribution >= 0.6 is 15.9 Å². The summed E-state index contributed by atoms with van der Waals surface area (Å²) in [5.41, 5.74) is -2.55. The van der Waals surface area contributed by atoms with E-state index in [9.17, 15) is 22.8 Å². The Morgan fingerprint density at radius 3 is 2.52 bits per heavy atom. The van der Waals surface area contributed by atoms with Crippen LogP contribution in [0.3, 0.4) is 0 Å². The largest absolute Gasteiger partial charge is 0.476 e. The van der Waals surface area contributed by atoms with Crippen molar-refractivity contribution in [2.45, 2.75) is 6.18 Å². The summed E-state index contributed by atoms with van der Waals surface area (Å²) < 4.78 is 39.2. The van der Waals surface area contributed by atoms with E-state index in [1.807, 2.05) is 0 Å². The topological polar surface area (TPSA) is 72.2 Å². The number of halogens is 4. The SMILES string of the molecule is O=C(O)c1nn(-c2ccc(Br)c(C(F)(F)F)c2)ccc1=O. The van der Waals surface area contributed by atoms with Crippen molar-refractivity contribution >= 4 is 21.9 Å². The van der Waals surface area contributed by atoms with Crippen LogP contribution < -0.4 is 5.43 Å². The smallest absolute Gasteiger partial charge is 0.417 e. The highest BCUT2D eigenvalue weighted by Gasteiger charge is 2.33. The van der Waals surface area contributed by atoms with Gasteiger partial charge in [-0.2, -0.15) is 18.3 Å². The fourth-order valence-electron chi connectivity index (χ4n) is 1.57. The molecule has 0 aliphatic rings. The molecule has 9 heteroatoms. The van der Waals surface area contributed by atoms with E-state index >= 15 is 0 Å². The molecule has 0 fully saturated rings. The molecule has 2 rings (SSSR count). The van der Waals surface area contributed by atoms with Gasteiger partial charge in [0, 0.05) is 16.7 Å². The lowest BCUT2D eigenvalue weighted by Gasteiger charge is -2.12. The molecule has 1 aromatic heterocycles. The molecule has 2 aromatic rings. The molecule has 1 heterocycles. The van der Waals surface area contributed by atoms with E-state index in [-0.39, 0.29) is 10.2 Å². The lowest BCUT2D eigenvalue weighted by atomic mass is 10.2. The van der Waals surface area contributed by atoms with Crippen LogP contribution in [0, 0.1) is 0 Å². The van der Waals surface area contributed by atoms with Crippen LogP contribution in [0.5, 0.6) is 0 Å². The van der Waals surface area contributed by atoms with E-state index in [4.69, 9.17) is 5.11 Å². The zero-order chi connectivity index (χ0) is 15.8. The van der Waals surface area contributed by atoms with Crippen LogP contribution in [0.15, 0.2) is 39.7 Å². The van der Waals surface area contributed by atoms with Gasteiger partial charge in [0.15, 0.2) is 0 Å². The van der Waals surface area contributed by atoms with Crippen LogP contribution in [0.2, 0.25) is 0 Å². The van der Waals surface area contributed by atoms with Crippen molar-refractivity contribution in [2.75, 3.05) is 0 Å². The Labute approximate surface area is 123 Å². The number of carboxylic acid groups (broad SMARTS) is 1. The van der Waals surface area contributed by atoms with E-state index in [0.717, 1.165) is 23.0 Å². The Morgan fingerprint density at radius 2 is 1.95 bits per heavy atom. The van der Waals surface area contributed by atoms with Crippen LogP contribution in [0.1, 0.15) is 16.1 Å². The molecule has 21 heavy (non-hydrogen) atoms. The summed E-state index contributed by atoms with van der Waals surface area (Å²) >= 11 is 2.79. The van der Waals surface area contributed by atoms with E-state index in [0.29, 0.717) is 0 Å².